The Morgan fingerprint density at radius 3 is 2.71 bits per heavy atom. The molecule has 0 aromatic carbocycles. The summed E-state index contributed by atoms with van der Waals surface area (Å²) in [5.41, 5.74) is 0.421. The Hall–Kier alpha value is -0.910. The summed E-state index contributed by atoms with van der Waals surface area (Å²) in [7, 11) is 1.72. The molecule has 0 radical (unpaired) electrons. The molecule has 0 N–H and O–H groups in total. The SMILES string of the molecule is Cn1ncc([N+](=O)[O-])c1C(C)(C)CBr. The maximum Gasteiger partial charge on any atom is 0.310 e. The highest BCUT2D eigenvalue weighted by atomic mass is 79.9. The summed E-state index contributed by atoms with van der Waals surface area (Å²) in [4.78, 5) is 10.3. The Kier molecular flexibility index (Phi) is 2.94. The summed E-state index contributed by atoms with van der Waals surface area (Å²) in [5, 5.41) is 15.3. The molecule has 78 valence electrons. The lowest BCUT2D eigenvalue weighted by molar-refractivity contribution is -0.386. The molecule has 1 heterocycles. The van der Waals surface area contributed by atoms with Gasteiger partial charge < -0.3 is 0 Å². The van der Waals surface area contributed by atoms with Crippen molar-refractivity contribution >= 4 is 21.6 Å². The van der Waals surface area contributed by atoms with Crippen molar-refractivity contribution in [3.8, 4) is 0 Å². The van der Waals surface area contributed by atoms with Gasteiger partial charge in [0.25, 0.3) is 0 Å². The lowest BCUT2D eigenvalue weighted by Gasteiger charge is -2.20. The summed E-state index contributed by atoms with van der Waals surface area (Å²) >= 11 is 3.35. The second-order valence-electron chi connectivity index (χ2n) is 3.78. The smallest absolute Gasteiger partial charge is 0.265 e. The minimum absolute atomic E-state index is 0.0805. The van der Waals surface area contributed by atoms with Gasteiger partial charge in [0.2, 0.25) is 0 Å². The molecular weight excluding hydrogens is 250 g/mol. The van der Waals surface area contributed by atoms with Gasteiger partial charge in [-0.1, -0.05) is 29.8 Å². The predicted molar refractivity (Wildman–Crippen MR) is 56.7 cm³/mol. The maximum absolute atomic E-state index is 10.7. The zero-order valence-corrected chi connectivity index (χ0v) is 9.91. The van der Waals surface area contributed by atoms with Crippen LogP contribution >= 0.6 is 15.9 Å². The maximum atomic E-state index is 10.7. The predicted octanol–water partition coefficient (Wildman–Crippen LogP) is 2.00. The van der Waals surface area contributed by atoms with E-state index in [1.807, 2.05) is 13.8 Å². The van der Waals surface area contributed by atoms with Crippen molar-refractivity contribution < 1.29 is 4.92 Å². The Labute approximate surface area is 90.4 Å². The van der Waals surface area contributed by atoms with Gasteiger partial charge in [-0.2, -0.15) is 5.10 Å². The zero-order valence-electron chi connectivity index (χ0n) is 8.32. The highest BCUT2D eigenvalue weighted by Gasteiger charge is 2.32. The van der Waals surface area contributed by atoms with E-state index in [0.717, 1.165) is 0 Å². The second-order valence-corrected chi connectivity index (χ2v) is 4.34. The van der Waals surface area contributed by atoms with E-state index in [1.54, 1.807) is 11.7 Å². The van der Waals surface area contributed by atoms with Gasteiger partial charge in [-0.25, -0.2) is 0 Å². The van der Waals surface area contributed by atoms with Crippen LogP contribution in [0.2, 0.25) is 0 Å². The van der Waals surface area contributed by atoms with Crippen LogP contribution in [0.1, 0.15) is 19.5 Å². The van der Waals surface area contributed by atoms with Gasteiger partial charge in [0.05, 0.1) is 4.92 Å². The fourth-order valence-corrected chi connectivity index (χ4v) is 1.67. The van der Waals surface area contributed by atoms with Crippen LogP contribution in [0, 0.1) is 10.1 Å². The van der Waals surface area contributed by atoms with Crippen LogP contribution in [0.15, 0.2) is 6.20 Å². The van der Waals surface area contributed by atoms with E-state index < -0.39 is 4.92 Å². The quantitative estimate of drug-likeness (QED) is 0.475. The van der Waals surface area contributed by atoms with Crippen molar-refractivity contribution in [2.24, 2.45) is 7.05 Å². The number of aryl methyl sites for hydroxylation is 1. The molecule has 14 heavy (non-hydrogen) atoms. The van der Waals surface area contributed by atoms with Crippen molar-refractivity contribution in [3.05, 3.63) is 22.0 Å². The van der Waals surface area contributed by atoms with Crippen molar-refractivity contribution in [2.75, 3.05) is 5.33 Å². The fourth-order valence-electron chi connectivity index (χ4n) is 1.41. The molecule has 5 nitrogen and oxygen atoms in total. The molecule has 0 aliphatic carbocycles. The van der Waals surface area contributed by atoms with Crippen LogP contribution in [-0.2, 0) is 12.5 Å². The highest BCUT2D eigenvalue weighted by Crippen LogP contribution is 2.31. The van der Waals surface area contributed by atoms with Crippen LogP contribution in [-0.4, -0.2) is 20.0 Å². The van der Waals surface area contributed by atoms with E-state index in [0.29, 0.717) is 11.0 Å². The molecule has 0 fully saturated rings. The van der Waals surface area contributed by atoms with Gasteiger partial charge in [-0.3, -0.25) is 14.8 Å². The highest BCUT2D eigenvalue weighted by molar-refractivity contribution is 9.09. The van der Waals surface area contributed by atoms with Gasteiger partial charge in [0.15, 0.2) is 0 Å². The first-order chi connectivity index (χ1) is 6.40. The molecule has 0 spiro atoms. The average Bonchev–Trinajstić information content (AvgIpc) is 2.47. The molecule has 0 unspecified atom stereocenters. The van der Waals surface area contributed by atoms with Crippen LogP contribution in [0.5, 0.6) is 0 Å². The van der Waals surface area contributed by atoms with E-state index in [1.165, 1.54) is 6.20 Å². The van der Waals surface area contributed by atoms with Crippen molar-refractivity contribution in [1.29, 1.82) is 0 Å². The Balaban J connectivity index is 3.31. The first kappa shape index (κ1) is 11.2. The van der Waals surface area contributed by atoms with Gasteiger partial charge >= 0.3 is 5.69 Å². The second kappa shape index (κ2) is 3.68. The topological polar surface area (TPSA) is 61.0 Å². The molecule has 0 saturated carbocycles. The number of alkyl halides is 1. The first-order valence-corrected chi connectivity index (χ1v) is 5.25. The number of hydrogen-bond donors (Lipinski definition) is 0. The van der Waals surface area contributed by atoms with E-state index in [4.69, 9.17) is 0 Å². The Morgan fingerprint density at radius 2 is 2.29 bits per heavy atom. The summed E-state index contributed by atoms with van der Waals surface area (Å²) in [5.74, 6) is 0. The van der Waals surface area contributed by atoms with E-state index >= 15 is 0 Å². The van der Waals surface area contributed by atoms with Crippen molar-refractivity contribution in [1.82, 2.24) is 9.78 Å². The third-order valence-corrected chi connectivity index (χ3v) is 3.49. The molecule has 6 heteroatoms. The van der Waals surface area contributed by atoms with Gasteiger partial charge in [-0.05, 0) is 0 Å². The number of rotatable bonds is 3. The lowest BCUT2D eigenvalue weighted by Crippen LogP contribution is -2.23. The molecular formula is C8H12BrN3O2. The molecule has 0 atom stereocenters. The standard InChI is InChI=1S/C8H12BrN3O2/c1-8(2,5-9)7-6(12(13)14)4-10-11(7)3/h4H,5H2,1-3H3. The molecule has 0 bridgehead atoms. The molecule has 0 saturated heterocycles. The number of nitrogens with zero attached hydrogens (tertiary/aromatic N) is 3. The summed E-state index contributed by atoms with van der Waals surface area (Å²) < 4.78 is 1.55. The number of halogens is 1. The van der Waals surface area contributed by atoms with Crippen LogP contribution < -0.4 is 0 Å². The van der Waals surface area contributed by atoms with Gasteiger partial charge in [0.1, 0.15) is 11.9 Å². The molecule has 0 amide bonds. The number of hydrogen-bond acceptors (Lipinski definition) is 3. The summed E-state index contributed by atoms with van der Waals surface area (Å²) in [6, 6.07) is 0. The van der Waals surface area contributed by atoms with E-state index in [-0.39, 0.29) is 11.1 Å². The average molecular weight is 262 g/mol. The third kappa shape index (κ3) is 1.79. The molecule has 1 aromatic rings. The minimum atomic E-state index is -0.396. The normalized spacial score (nSPS) is 11.7. The van der Waals surface area contributed by atoms with E-state index in [2.05, 4.69) is 21.0 Å². The summed E-state index contributed by atoms with van der Waals surface area (Å²) in [6.07, 6.45) is 1.29. The number of aromatic nitrogens is 2. The Bertz CT molecular complexity index is 359. The number of nitro groups is 1. The van der Waals surface area contributed by atoms with Gasteiger partial charge in [0, 0.05) is 17.8 Å². The molecule has 0 aliphatic rings. The summed E-state index contributed by atoms with van der Waals surface area (Å²) in [6.45, 7) is 3.87. The zero-order chi connectivity index (χ0) is 10.9. The fraction of sp³-hybridized carbons (Fsp3) is 0.625. The largest absolute Gasteiger partial charge is 0.310 e. The van der Waals surface area contributed by atoms with E-state index in [9.17, 15) is 10.1 Å². The van der Waals surface area contributed by atoms with Crippen LogP contribution in [0.3, 0.4) is 0 Å². The Morgan fingerprint density at radius 1 is 1.71 bits per heavy atom. The van der Waals surface area contributed by atoms with Gasteiger partial charge in [-0.15, -0.1) is 0 Å². The lowest BCUT2D eigenvalue weighted by atomic mass is 9.91. The van der Waals surface area contributed by atoms with Crippen molar-refractivity contribution in [2.45, 2.75) is 19.3 Å². The molecule has 1 rings (SSSR count). The first-order valence-electron chi connectivity index (χ1n) is 4.13. The van der Waals surface area contributed by atoms with Crippen molar-refractivity contribution in [3.63, 3.8) is 0 Å². The molecule has 0 aliphatic heterocycles. The molecule has 1 aromatic heterocycles. The van der Waals surface area contributed by atoms with Crippen LogP contribution in [0.4, 0.5) is 5.69 Å². The monoisotopic (exact) mass is 261 g/mol. The van der Waals surface area contributed by atoms with Crippen LogP contribution in [0.25, 0.3) is 0 Å². The minimum Gasteiger partial charge on any atom is -0.265 e. The third-order valence-electron chi connectivity index (χ3n) is 2.09.